The Hall–Kier alpha value is -3.84. The van der Waals surface area contributed by atoms with Crippen LogP contribution in [-0.2, 0) is 28.9 Å². The van der Waals surface area contributed by atoms with E-state index in [1.165, 1.54) is 17.6 Å². The zero-order valence-electron chi connectivity index (χ0n) is 21.1. The maximum atomic E-state index is 12.8. The van der Waals surface area contributed by atoms with E-state index in [-0.39, 0.29) is 24.3 Å². The fourth-order valence-corrected chi connectivity index (χ4v) is 5.75. The SMILES string of the molecule is COc1cccc(C(C)CC(=O)Nc2sc3c(c2C#N)CCC(COC(=O)NCc2conc2C)C3)c1. The van der Waals surface area contributed by atoms with E-state index in [0.717, 1.165) is 39.4 Å². The molecule has 0 aliphatic heterocycles. The Morgan fingerprint density at radius 2 is 2.22 bits per heavy atom. The number of carbonyl (C=O) groups excluding carboxylic acids is 2. The van der Waals surface area contributed by atoms with Crippen LogP contribution in [0, 0.1) is 24.2 Å². The Labute approximate surface area is 219 Å². The summed E-state index contributed by atoms with van der Waals surface area (Å²) in [5.74, 6) is 0.767. The number of nitrogens with one attached hydrogen (secondary N) is 2. The molecule has 2 heterocycles. The van der Waals surface area contributed by atoms with E-state index in [2.05, 4.69) is 21.9 Å². The quantitative estimate of drug-likeness (QED) is 0.401. The van der Waals surface area contributed by atoms with Crippen LogP contribution in [0.4, 0.5) is 9.80 Å². The molecule has 9 nitrogen and oxygen atoms in total. The Morgan fingerprint density at radius 1 is 1.38 bits per heavy atom. The van der Waals surface area contributed by atoms with E-state index < -0.39 is 6.09 Å². The van der Waals surface area contributed by atoms with Gasteiger partial charge in [-0.25, -0.2) is 4.79 Å². The molecule has 1 aromatic carbocycles. The third kappa shape index (κ3) is 6.49. The minimum Gasteiger partial charge on any atom is -0.497 e. The first kappa shape index (κ1) is 26.2. The van der Waals surface area contributed by atoms with Crippen LogP contribution in [0.5, 0.6) is 5.75 Å². The third-order valence-electron chi connectivity index (χ3n) is 6.61. The Kier molecular flexibility index (Phi) is 8.46. The molecule has 0 bridgehead atoms. The highest BCUT2D eigenvalue weighted by atomic mass is 32.1. The van der Waals surface area contributed by atoms with Crippen molar-refractivity contribution in [1.82, 2.24) is 10.5 Å². The predicted molar refractivity (Wildman–Crippen MR) is 139 cm³/mol. The lowest BCUT2D eigenvalue weighted by atomic mass is 9.88. The van der Waals surface area contributed by atoms with Crippen LogP contribution in [0.25, 0.3) is 0 Å². The summed E-state index contributed by atoms with van der Waals surface area (Å²) in [4.78, 5) is 26.0. The molecule has 0 fully saturated rings. The molecular formula is C27H30N4O5S. The molecule has 4 rings (SSSR count). The number of hydrogen-bond acceptors (Lipinski definition) is 8. The largest absolute Gasteiger partial charge is 0.497 e. The Balaban J connectivity index is 1.31. The number of nitriles is 1. The van der Waals surface area contributed by atoms with Gasteiger partial charge in [-0.15, -0.1) is 11.3 Å². The highest BCUT2D eigenvalue weighted by Crippen LogP contribution is 2.39. The fourth-order valence-electron chi connectivity index (χ4n) is 4.42. The summed E-state index contributed by atoms with van der Waals surface area (Å²) in [6.45, 7) is 4.37. The van der Waals surface area contributed by atoms with Gasteiger partial charge in [-0.3, -0.25) is 4.79 Å². The van der Waals surface area contributed by atoms with Gasteiger partial charge < -0.3 is 24.6 Å². The van der Waals surface area contributed by atoms with E-state index in [4.69, 9.17) is 14.0 Å². The molecule has 2 unspecified atom stereocenters. The van der Waals surface area contributed by atoms with Gasteiger partial charge in [-0.2, -0.15) is 5.26 Å². The van der Waals surface area contributed by atoms with Gasteiger partial charge in [-0.1, -0.05) is 24.2 Å². The topological polar surface area (TPSA) is 126 Å². The van der Waals surface area contributed by atoms with Crippen LogP contribution < -0.4 is 15.4 Å². The average molecular weight is 523 g/mol. The molecule has 2 aromatic heterocycles. The maximum absolute atomic E-state index is 12.8. The number of hydrogen-bond donors (Lipinski definition) is 2. The lowest BCUT2D eigenvalue weighted by molar-refractivity contribution is -0.116. The van der Waals surface area contributed by atoms with Crippen molar-refractivity contribution >= 4 is 28.3 Å². The number of anilines is 1. The number of carbonyl (C=O) groups is 2. The first-order valence-corrected chi connectivity index (χ1v) is 13.0. The zero-order valence-corrected chi connectivity index (χ0v) is 21.9. The number of methoxy groups -OCH3 is 1. The van der Waals surface area contributed by atoms with Crippen LogP contribution >= 0.6 is 11.3 Å². The highest BCUT2D eigenvalue weighted by Gasteiger charge is 2.27. The summed E-state index contributed by atoms with van der Waals surface area (Å²) in [7, 11) is 1.62. The van der Waals surface area contributed by atoms with Crippen molar-refractivity contribution in [2.75, 3.05) is 19.0 Å². The molecule has 0 saturated carbocycles. The predicted octanol–water partition coefficient (Wildman–Crippen LogP) is 5.09. The number of alkyl carbamates (subject to hydrolysis) is 1. The minimum atomic E-state index is -0.492. The van der Waals surface area contributed by atoms with Crippen molar-refractivity contribution in [1.29, 1.82) is 5.26 Å². The van der Waals surface area contributed by atoms with Crippen LogP contribution in [0.15, 0.2) is 35.1 Å². The molecule has 3 aromatic rings. The van der Waals surface area contributed by atoms with Crippen LogP contribution in [0.2, 0.25) is 0 Å². The second kappa shape index (κ2) is 11.9. The standard InChI is InChI=1S/C27H30N4O5S/c1-16(19-5-4-6-21(11-19)34-3)9-25(32)30-26-23(12-28)22-8-7-18(10-24(22)37-26)14-35-27(33)29-13-20-15-36-31-17(20)2/h4-6,11,15-16,18H,7-10,13-14H2,1-3H3,(H,29,33)(H,30,32). The molecule has 1 aliphatic carbocycles. The van der Waals surface area contributed by atoms with Crippen LogP contribution in [0.3, 0.4) is 0 Å². The highest BCUT2D eigenvalue weighted by molar-refractivity contribution is 7.16. The summed E-state index contributed by atoms with van der Waals surface area (Å²) >= 11 is 1.44. The number of fused-ring (bicyclic) bond motifs is 1. The summed E-state index contributed by atoms with van der Waals surface area (Å²) in [6.07, 6.45) is 3.51. The number of benzene rings is 1. The molecule has 2 amide bonds. The average Bonchev–Trinajstić information content (AvgIpc) is 3.47. The zero-order chi connectivity index (χ0) is 26.4. The second-order valence-corrected chi connectivity index (χ2v) is 10.3. The molecule has 2 atom stereocenters. The number of nitrogens with zero attached hydrogens (tertiary/aromatic N) is 2. The molecule has 2 N–H and O–H groups in total. The Bertz CT molecular complexity index is 1310. The minimum absolute atomic E-state index is 0.00316. The van der Waals surface area contributed by atoms with Crippen LogP contribution in [-0.4, -0.2) is 30.9 Å². The summed E-state index contributed by atoms with van der Waals surface area (Å²) in [5.41, 5.74) is 4.08. The van der Waals surface area contributed by atoms with Crippen molar-refractivity contribution in [3.05, 3.63) is 63.4 Å². The Morgan fingerprint density at radius 3 is 2.95 bits per heavy atom. The van der Waals surface area contributed by atoms with E-state index in [1.54, 1.807) is 14.0 Å². The second-order valence-electron chi connectivity index (χ2n) is 9.24. The maximum Gasteiger partial charge on any atom is 0.407 e. The van der Waals surface area contributed by atoms with Gasteiger partial charge in [0.2, 0.25) is 5.91 Å². The van der Waals surface area contributed by atoms with Crippen molar-refractivity contribution < 1.29 is 23.6 Å². The summed E-state index contributed by atoms with van der Waals surface area (Å²) in [6, 6.07) is 9.97. The lowest BCUT2D eigenvalue weighted by Crippen LogP contribution is -2.27. The molecular weight excluding hydrogens is 492 g/mol. The van der Waals surface area contributed by atoms with Gasteiger partial charge in [0.15, 0.2) is 0 Å². The fraction of sp³-hybridized carbons (Fsp3) is 0.407. The first-order chi connectivity index (χ1) is 17.9. The van der Waals surface area contributed by atoms with Crippen molar-refractivity contribution in [2.24, 2.45) is 5.92 Å². The number of aromatic nitrogens is 1. The molecule has 1 aliphatic rings. The van der Waals surface area contributed by atoms with Gasteiger partial charge in [0, 0.05) is 16.9 Å². The molecule has 10 heteroatoms. The van der Waals surface area contributed by atoms with E-state index in [0.29, 0.717) is 36.4 Å². The van der Waals surface area contributed by atoms with Crippen molar-refractivity contribution in [3.63, 3.8) is 0 Å². The van der Waals surface area contributed by atoms with Gasteiger partial charge in [0.1, 0.15) is 23.1 Å². The van der Waals surface area contributed by atoms with Crippen molar-refractivity contribution in [3.8, 4) is 11.8 Å². The van der Waals surface area contributed by atoms with E-state index in [9.17, 15) is 14.9 Å². The number of rotatable bonds is 9. The number of thiophene rings is 1. The molecule has 37 heavy (non-hydrogen) atoms. The van der Waals surface area contributed by atoms with Gasteiger partial charge in [0.25, 0.3) is 0 Å². The normalized spacial score (nSPS) is 15.2. The molecule has 0 radical (unpaired) electrons. The lowest BCUT2D eigenvalue weighted by Gasteiger charge is -2.21. The molecule has 194 valence electrons. The monoisotopic (exact) mass is 522 g/mol. The van der Waals surface area contributed by atoms with Crippen molar-refractivity contribution in [2.45, 2.75) is 52.0 Å². The van der Waals surface area contributed by atoms with Gasteiger partial charge >= 0.3 is 6.09 Å². The number of aryl methyl sites for hydroxylation is 1. The number of ether oxygens (including phenoxy) is 2. The van der Waals surface area contributed by atoms with Crippen LogP contribution in [0.1, 0.15) is 58.5 Å². The van der Waals surface area contributed by atoms with Gasteiger partial charge in [-0.05, 0) is 61.3 Å². The van der Waals surface area contributed by atoms with E-state index >= 15 is 0 Å². The smallest absolute Gasteiger partial charge is 0.407 e. The first-order valence-electron chi connectivity index (χ1n) is 12.2. The molecule has 0 spiro atoms. The van der Waals surface area contributed by atoms with E-state index in [1.807, 2.05) is 31.2 Å². The summed E-state index contributed by atoms with van der Waals surface area (Å²) < 4.78 is 15.6. The summed E-state index contributed by atoms with van der Waals surface area (Å²) in [5, 5.41) is 19.8. The molecule has 0 saturated heterocycles. The number of amides is 2. The third-order valence-corrected chi connectivity index (χ3v) is 7.78. The van der Waals surface area contributed by atoms with Gasteiger partial charge in [0.05, 0.1) is 31.5 Å².